The SMILES string of the molecule is OCC(Nc1ncc(Br)cc1C(F)(F)F)c1ccccc1. The van der Waals surface area contributed by atoms with Crippen LogP contribution in [-0.4, -0.2) is 16.7 Å². The van der Waals surface area contributed by atoms with Crippen LogP contribution in [0.3, 0.4) is 0 Å². The molecule has 1 unspecified atom stereocenters. The molecule has 1 aromatic heterocycles. The third kappa shape index (κ3) is 3.95. The highest BCUT2D eigenvalue weighted by Crippen LogP contribution is 2.36. The predicted molar refractivity (Wildman–Crippen MR) is 76.8 cm³/mol. The van der Waals surface area contributed by atoms with E-state index in [1.807, 2.05) is 0 Å². The fourth-order valence-corrected chi connectivity index (χ4v) is 2.19. The lowest BCUT2D eigenvalue weighted by molar-refractivity contribution is -0.137. The Morgan fingerprint density at radius 3 is 2.48 bits per heavy atom. The maximum atomic E-state index is 13.0. The zero-order valence-electron chi connectivity index (χ0n) is 10.7. The molecule has 0 bridgehead atoms. The Morgan fingerprint density at radius 2 is 1.90 bits per heavy atom. The molecule has 7 heteroatoms. The summed E-state index contributed by atoms with van der Waals surface area (Å²) in [6.45, 7) is -0.348. The molecule has 1 heterocycles. The summed E-state index contributed by atoms with van der Waals surface area (Å²) >= 11 is 2.98. The van der Waals surface area contributed by atoms with Crippen molar-refractivity contribution in [2.45, 2.75) is 12.2 Å². The molecule has 1 aromatic carbocycles. The number of alkyl halides is 3. The number of nitrogens with one attached hydrogen (secondary N) is 1. The summed E-state index contributed by atoms with van der Waals surface area (Å²) in [5.74, 6) is -0.311. The molecule has 0 saturated carbocycles. The topological polar surface area (TPSA) is 45.1 Å². The minimum absolute atomic E-state index is 0.237. The molecule has 0 aliphatic heterocycles. The van der Waals surface area contributed by atoms with Crippen molar-refractivity contribution in [2.75, 3.05) is 11.9 Å². The first-order valence-electron chi connectivity index (χ1n) is 6.07. The number of hydrogen-bond donors (Lipinski definition) is 2. The van der Waals surface area contributed by atoms with Crippen LogP contribution in [0.1, 0.15) is 17.2 Å². The number of pyridine rings is 1. The summed E-state index contributed by atoms with van der Waals surface area (Å²) in [5, 5.41) is 12.1. The van der Waals surface area contributed by atoms with Gasteiger partial charge in [-0.1, -0.05) is 30.3 Å². The van der Waals surface area contributed by atoms with Gasteiger partial charge in [-0.2, -0.15) is 13.2 Å². The van der Waals surface area contributed by atoms with Gasteiger partial charge < -0.3 is 10.4 Å². The second-order valence-electron chi connectivity index (χ2n) is 4.34. The van der Waals surface area contributed by atoms with Crippen molar-refractivity contribution in [2.24, 2.45) is 0 Å². The Kier molecular flexibility index (Phi) is 4.84. The van der Waals surface area contributed by atoms with Crippen molar-refractivity contribution in [1.82, 2.24) is 4.98 Å². The van der Waals surface area contributed by atoms with E-state index in [1.165, 1.54) is 6.20 Å². The molecule has 0 amide bonds. The van der Waals surface area contributed by atoms with Crippen LogP contribution in [0.25, 0.3) is 0 Å². The molecule has 0 spiro atoms. The zero-order chi connectivity index (χ0) is 15.5. The molecule has 2 N–H and O–H groups in total. The van der Waals surface area contributed by atoms with E-state index in [-0.39, 0.29) is 16.9 Å². The number of halogens is 4. The molecular formula is C14H12BrF3N2O. The van der Waals surface area contributed by atoms with Gasteiger partial charge in [-0.15, -0.1) is 0 Å². The first kappa shape index (κ1) is 15.8. The molecule has 2 aromatic rings. The van der Waals surface area contributed by atoms with Gasteiger partial charge in [0.2, 0.25) is 0 Å². The van der Waals surface area contributed by atoms with Crippen LogP contribution in [0.5, 0.6) is 0 Å². The molecule has 21 heavy (non-hydrogen) atoms. The van der Waals surface area contributed by atoms with E-state index in [0.29, 0.717) is 5.56 Å². The number of rotatable bonds is 4. The standard InChI is InChI=1S/C14H12BrF3N2O/c15-10-6-11(14(16,17)18)13(19-7-10)20-12(8-21)9-4-2-1-3-5-9/h1-7,12,21H,8H2,(H,19,20). The number of anilines is 1. The number of benzene rings is 1. The molecule has 0 radical (unpaired) electrons. The van der Waals surface area contributed by atoms with Crippen LogP contribution in [0.2, 0.25) is 0 Å². The molecule has 1 atom stereocenters. The van der Waals surface area contributed by atoms with Crippen molar-refractivity contribution in [3.8, 4) is 0 Å². The van der Waals surface area contributed by atoms with Crippen molar-refractivity contribution >= 4 is 21.7 Å². The van der Waals surface area contributed by atoms with Crippen LogP contribution < -0.4 is 5.32 Å². The fraction of sp³-hybridized carbons (Fsp3) is 0.214. The number of nitrogens with zero attached hydrogens (tertiary/aromatic N) is 1. The Labute approximate surface area is 128 Å². The van der Waals surface area contributed by atoms with Crippen molar-refractivity contribution in [3.05, 3.63) is 58.2 Å². The summed E-state index contributed by atoms with van der Waals surface area (Å²) in [5.41, 5.74) is -0.205. The van der Waals surface area contributed by atoms with Gasteiger partial charge in [0.15, 0.2) is 0 Å². The van der Waals surface area contributed by atoms with Gasteiger partial charge in [-0.05, 0) is 27.6 Å². The monoisotopic (exact) mass is 360 g/mol. The second kappa shape index (κ2) is 6.44. The third-order valence-electron chi connectivity index (χ3n) is 2.86. The van der Waals surface area contributed by atoms with E-state index in [0.717, 1.165) is 6.07 Å². The lowest BCUT2D eigenvalue weighted by atomic mass is 10.1. The summed E-state index contributed by atoms with van der Waals surface area (Å²) < 4.78 is 39.3. The van der Waals surface area contributed by atoms with Crippen LogP contribution in [0.4, 0.5) is 19.0 Å². The van der Waals surface area contributed by atoms with Crippen molar-refractivity contribution in [1.29, 1.82) is 0 Å². The maximum absolute atomic E-state index is 13.0. The smallest absolute Gasteiger partial charge is 0.394 e. The lowest BCUT2D eigenvalue weighted by Crippen LogP contribution is -2.19. The molecule has 2 rings (SSSR count). The van der Waals surface area contributed by atoms with Gasteiger partial charge in [0, 0.05) is 10.7 Å². The van der Waals surface area contributed by atoms with Crippen molar-refractivity contribution in [3.63, 3.8) is 0 Å². The molecule has 0 fully saturated rings. The number of aromatic nitrogens is 1. The molecule has 112 valence electrons. The average molecular weight is 361 g/mol. The fourth-order valence-electron chi connectivity index (χ4n) is 1.86. The normalized spacial score (nSPS) is 13.0. The highest BCUT2D eigenvalue weighted by Gasteiger charge is 2.35. The Balaban J connectivity index is 2.34. The molecule has 0 aliphatic carbocycles. The average Bonchev–Trinajstić information content (AvgIpc) is 2.46. The van der Waals surface area contributed by atoms with Gasteiger partial charge in [-0.3, -0.25) is 0 Å². The first-order valence-corrected chi connectivity index (χ1v) is 6.86. The van der Waals surface area contributed by atoms with E-state index >= 15 is 0 Å². The van der Waals surface area contributed by atoms with Gasteiger partial charge >= 0.3 is 6.18 Å². The minimum atomic E-state index is -4.53. The zero-order valence-corrected chi connectivity index (χ0v) is 12.3. The lowest BCUT2D eigenvalue weighted by Gasteiger charge is -2.20. The highest BCUT2D eigenvalue weighted by atomic mass is 79.9. The van der Waals surface area contributed by atoms with Gasteiger partial charge in [-0.25, -0.2) is 4.98 Å². The Hall–Kier alpha value is -1.60. The maximum Gasteiger partial charge on any atom is 0.419 e. The van der Waals surface area contributed by atoms with Gasteiger partial charge in [0.25, 0.3) is 0 Å². The largest absolute Gasteiger partial charge is 0.419 e. The summed E-state index contributed by atoms with van der Waals surface area (Å²) in [6.07, 6.45) is -3.26. The Morgan fingerprint density at radius 1 is 1.24 bits per heavy atom. The van der Waals surface area contributed by atoms with Crippen LogP contribution in [0, 0.1) is 0 Å². The summed E-state index contributed by atoms with van der Waals surface area (Å²) in [6, 6.07) is 9.02. The minimum Gasteiger partial charge on any atom is -0.394 e. The number of aliphatic hydroxyl groups is 1. The van der Waals surface area contributed by atoms with Gasteiger partial charge in [0.1, 0.15) is 5.82 Å². The molecule has 0 aliphatic rings. The number of hydrogen-bond acceptors (Lipinski definition) is 3. The van der Waals surface area contributed by atoms with E-state index in [2.05, 4.69) is 26.2 Å². The first-order chi connectivity index (χ1) is 9.91. The molecular weight excluding hydrogens is 349 g/mol. The quantitative estimate of drug-likeness (QED) is 0.865. The van der Waals surface area contributed by atoms with Crippen molar-refractivity contribution < 1.29 is 18.3 Å². The second-order valence-corrected chi connectivity index (χ2v) is 5.25. The van der Waals surface area contributed by atoms with Crippen LogP contribution in [-0.2, 0) is 6.18 Å². The van der Waals surface area contributed by atoms with E-state index in [1.54, 1.807) is 30.3 Å². The van der Waals surface area contributed by atoms with E-state index in [4.69, 9.17) is 0 Å². The highest BCUT2D eigenvalue weighted by molar-refractivity contribution is 9.10. The summed E-state index contributed by atoms with van der Waals surface area (Å²) in [4.78, 5) is 3.77. The predicted octanol–water partition coefficient (Wildman–Crippen LogP) is 4.01. The van der Waals surface area contributed by atoms with Crippen LogP contribution in [0.15, 0.2) is 47.1 Å². The van der Waals surface area contributed by atoms with Crippen LogP contribution >= 0.6 is 15.9 Å². The van der Waals surface area contributed by atoms with Gasteiger partial charge in [0.05, 0.1) is 18.2 Å². The third-order valence-corrected chi connectivity index (χ3v) is 3.29. The Bertz CT molecular complexity index is 605. The molecule has 0 saturated heterocycles. The van der Waals surface area contributed by atoms with E-state index in [9.17, 15) is 18.3 Å². The summed E-state index contributed by atoms with van der Waals surface area (Å²) in [7, 11) is 0. The number of aliphatic hydroxyl groups excluding tert-OH is 1. The molecule has 3 nitrogen and oxygen atoms in total. The van der Waals surface area contributed by atoms with E-state index < -0.39 is 17.8 Å².